The van der Waals surface area contributed by atoms with Gasteiger partial charge in [0, 0.05) is 18.3 Å². The second kappa shape index (κ2) is 5.98. The molecule has 1 unspecified atom stereocenters. The van der Waals surface area contributed by atoms with Crippen molar-refractivity contribution in [3.05, 3.63) is 0 Å². The van der Waals surface area contributed by atoms with E-state index in [0.29, 0.717) is 13.0 Å². The number of thioether (sulfide) groups is 1. The molecule has 0 aromatic carbocycles. The predicted molar refractivity (Wildman–Crippen MR) is 63.7 cm³/mol. The summed E-state index contributed by atoms with van der Waals surface area (Å²) >= 11 is 1.65. The first-order valence-corrected chi connectivity index (χ1v) is 6.74. The molecular formula is C10H18N2O3S. The number of hydrogen-bond acceptors (Lipinski definition) is 3. The van der Waals surface area contributed by atoms with Gasteiger partial charge in [-0.25, -0.2) is 9.59 Å². The summed E-state index contributed by atoms with van der Waals surface area (Å²) in [6, 6.07) is -0.842. The average molecular weight is 246 g/mol. The zero-order valence-electron chi connectivity index (χ0n) is 9.60. The second-order valence-corrected chi connectivity index (χ2v) is 4.91. The fraction of sp³-hybridized carbons (Fsp3) is 0.800. The minimum Gasteiger partial charge on any atom is -0.480 e. The number of carbonyl (C=O) groups is 2. The minimum atomic E-state index is -0.912. The van der Waals surface area contributed by atoms with Gasteiger partial charge in [-0.2, -0.15) is 11.8 Å². The van der Waals surface area contributed by atoms with Crippen LogP contribution in [0, 0.1) is 0 Å². The van der Waals surface area contributed by atoms with Crippen LogP contribution in [0.25, 0.3) is 0 Å². The van der Waals surface area contributed by atoms with Gasteiger partial charge in [0.25, 0.3) is 0 Å². The molecule has 2 amide bonds. The van der Waals surface area contributed by atoms with Gasteiger partial charge in [-0.1, -0.05) is 0 Å². The summed E-state index contributed by atoms with van der Waals surface area (Å²) in [6.07, 6.45) is 3.29. The Morgan fingerprint density at radius 2 is 2.31 bits per heavy atom. The number of carboxylic acids is 1. The Balaban J connectivity index is 2.49. The van der Waals surface area contributed by atoms with Gasteiger partial charge >= 0.3 is 12.0 Å². The van der Waals surface area contributed by atoms with E-state index in [4.69, 9.17) is 5.11 Å². The molecule has 16 heavy (non-hydrogen) atoms. The maximum Gasteiger partial charge on any atom is 0.326 e. The average Bonchev–Trinajstić information content (AvgIpc) is 2.65. The van der Waals surface area contributed by atoms with E-state index in [-0.39, 0.29) is 12.1 Å². The highest BCUT2D eigenvalue weighted by Crippen LogP contribution is 2.17. The van der Waals surface area contributed by atoms with E-state index < -0.39 is 12.0 Å². The molecule has 2 atom stereocenters. The van der Waals surface area contributed by atoms with Crippen molar-refractivity contribution in [1.82, 2.24) is 10.2 Å². The number of likely N-dealkylation sites (tertiary alicyclic amines) is 1. The fourth-order valence-electron chi connectivity index (χ4n) is 1.85. The molecule has 1 aliphatic rings. The number of carbonyl (C=O) groups excluding carboxylic acids is 1. The van der Waals surface area contributed by atoms with Gasteiger partial charge in [-0.05, 0) is 26.0 Å². The molecule has 1 rings (SSSR count). The topological polar surface area (TPSA) is 69.6 Å². The maximum atomic E-state index is 11.8. The quantitative estimate of drug-likeness (QED) is 0.776. The summed E-state index contributed by atoms with van der Waals surface area (Å²) in [5, 5.41) is 11.8. The number of rotatable bonds is 4. The Kier molecular flexibility index (Phi) is 4.92. The van der Waals surface area contributed by atoms with E-state index in [1.54, 1.807) is 11.8 Å². The van der Waals surface area contributed by atoms with E-state index in [1.807, 2.05) is 13.2 Å². The second-order valence-electron chi connectivity index (χ2n) is 4.00. The third-order valence-corrected chi connectivity index (χ3v) is 3.42. The van der Waals surface area contributed by atoms with Gasteiger partial charge in [-0.3, -0.25) is 0 Å². The molecule has 1 aliphatic heterocycles. The number of nitrogens with one attached hydrogen (secondary N) is 1. The summed E-state index contributed by atoms with van der Waals surface area (Å²) < 4.78 is 0. The number of amides is 2. The predicted octanol–water partition coefficient (Wildman–Crippen LogP) is 0.996. The van der Waals surface area contributed by atoms with Crippen LogP contribution in [0.1, 0.15) is 19.8 Å². The summed E-state index contributed by atoms with van der Waals surface area (Å²) in [5.41, 5.74) is 0. The SMILES string of the molecule is CSCC(C)NC(=O)N1CCC[C@@H]1C(=O)O. The fourth-order valence-corrected chi connectivity index (χ4v) is 2.44. The number of aliphatic carboxylic acids is 1. The van der Waals surface area contributed by atoms with Gasteiger partial charge in [0.2, 0.25) is 0 Å². The Morgan fingerprint density at radius 1 is 1.62 bits per heavy atom. The van der Waals surface area contributed by atoms with Gasteiger partial charge in [-0.15, -0.1) is 0 Å². The van der Waals surface area contributed by atoms with Crippen molar-refractivity contribution in [3.63, 3.8) is 0 Å². The Morgan fingerprint density at radius 3 is 2.88 bits per heavy atom. The molecule has 0 saturated carbocycles. The van der Waals surface area contributed by atoms with E-state index in [2.05, 4.69) is 5.32 Å². The van der Waals surface area contributed by atoms with Crippen molar-refractivity contribution in [1.29, 1.82) is 0 Å². The zero-order chi connectivity index (χ0) is 12.1. The van der Waals surface area contributed by atoms with Crippen molar-refractivity contribution >= 4 is 23.8 Å². The first-order chi connectivity index (χ1) is 7.56. The lowest BCUT2D eigenvalue weighted by Gasteiger charge is -2.24. The Labute approximate surface area is 99.6 Å². The molecule has 92 valence electrons. The van der Waals surface area contributed by atoms with E-state index in [9.17, 15) is 9.59 Å². The molecule has 5 nitrogen and oxygen atoms in total. The number of nitrogens with zero attached hydrogens (tertiary/aromatic N) is 1. The molecule has 0 aromatic heterocycles. The summed E-state index contributed by atoms with van der Waals surface area (Å²) in [7, 11) is 0. The number of carboxylic acid groups (broad SMARTS) is 1. The van der Waals surface area contributed by atoms with E-state index >= 15 is 0 Å². The Hall–Kier alpha value is -0.910. The minimum absolute atomic E-state index is 0.0672. The van der Waals surface area contributed by atoms with Gasteiger partial charge in [0.1, 0.15) is 6.04 Å². The highest BCUT2D eigenvalue weighted by atomic mass is 32.2. The zero-order valence-corrected chi connectivity index (χ0v) is 10.4. The van der Waals surface area contributed by atoms with Crippen LogP contribution in [0.3, 0.4) is 0 Å². The molecule has 0 aliphatic carbocycles. The smallest absolute Gasteiger partial charge is 0.326 e. The van der Waals surface area contributed by atoms with E-state index in [1.165, 1.54) is 4.90 Å². The van der Waals surface area contributed by atoms with Crippen LogP contribution >= 0.6 is 11.8 Å². The maximum absolute atomic E-state index is 11.8. The summed E-state index contributed by atoms with van der Waals surface area (Å²) in [4.78, 5) is 24.1. The van der Waals surface area contributed by atoms with Gasteiger partial charge in [0.05, 0.1) is 0 Å². The van der Waals surface area contributed by atoms with Crippen LogP contribution in [-0.2, 0) is 4.79 Å². The normalized spacial score (nSPS) is 21.9. The molecule has 6 heteroatoms. The van der Waals surface area contributed by atoms with Crippen LogP contribution in [0.2, 0.25) is 0 Å². The van der Waals surface area contributed by atoms with Crippen LogP contribution < -0.4 is 5.32 Å². The van der Waals surface area contributed by atoms with Crippen molar-refractivity contribution < 1.29 is 14.7 Å². The van der Waals surface area contributed by atoms with Crippen LogP contribution in [-0.4, -0.2) is 52.6 Å². The lowest BCUT2D eigenvalue weighted by Crippen LogP contribution is -2.48. The van der Waals surface area contributed by atoms with Crippen LogP contribution in [0.15, 0.2) is 0 Å². The first kappa shape index (κ1) is 13.2. The molecule has 0 radical (unpaired) electrons. The number of hydrogen-bond donors (Lipinski definition) is 2. The highest BCUT2D eigenvalue weighted by Gasteiger charge is 2.34. The van der Waals surface area contributed by atoms with Crippen LogP contribution in [0.5, 0.6) is 0 Å². The van der Waals surface area contributed by atoms with Gasteiger partial charge < -0.3 is 15.3 Å². The van der Waals surface area contributed by atoms with E-state index in [0.717, 1.165) is 12.2 Å². The molecule has 2 N–H and O–H groups in total. The summed E-state index contributed by atoms with van der Waals surface area (Å²) in [5.74, 6) is -0.0812. The monoisotopic (exact) mass is 246 g/mol. The van der Waals surface area contributed by atoms with Crippen molar-refractivity contribution in [2.24, 2.45) is 0 Å². The molecule has 0 bridgehead atoms. The first-order valence-electron chi connectivity index (χ1n) is 5.35. The Bertz CT molecular complexity index is 273. The third-order valence-electron chi connectivity index (χ3n) is 2.59. The van der Waals surface area contributed by atoms with Crippen molar-refractivity contribution in [2.45, 2.75) is 31.8 Å². The molecule has 0 aromatic rings. The van der Waals surface area contributed by atoms with Crippen LogP contribution in [0.4, 0.5) is 4.79 Å². The molecule has 1 saturated heterocycles. The summed E-state index contributed by atoms with van der Waals surface area (Å²) in [6.45, 7) is 2.45. The molecular weight excluding hydrogens is 228 g/mol. The van der Waals surface area contributed by atoms with Crippen molar-refractivity contribution in [2.75, 3.05) is 18.6 Å². The van der Waals surface area contributed by atoms with Crippen molar-refractivity contribution in [3.8, 4) is 0 Å². The number of urea groups is 1. The third kappa shape index (κ3) is 3.30. The standard InChI is InChI=1S/C10H18N2O3S/c1-7(6-16-2)11-10(15)12-5-3-4-8(12)9(13)14/h7-8H,3-6H2,1-2H3,(H,11,15)(H,13,14)/t7?,8-/m1/s1. The lowest BCUT2D eigenvalue weighted by molar-refractivity contribution is -0.141. The molecule has 1 fully saturated rings. The molecule has 1 heterocycles. The molecule has 0 spiro atoms. The lowest BCUT2D eigenvalue weighted by atomic mass is 10.2. The largest absolute Gasteiger partial charge is 0.480 e. The van der Waals surface area contributed by atoms with Gasteiger partial charge in [0.15, 0.2) is 0 Å². The highest BCUT2D eigenvalue weighted by molar-refractivity contribution is 7.98.